The number of rotatable bonds is 3. The summed E-state index contributed by atoms with van der Waals surface area (Å²) in [5, 5.41) is 27.2. The summed E-state index contributed by atoms with van der Waals surface area (Å²) in [5.74, 6) is -2.25. The first-order chi connectivity index (χ1) is 9.02. The SMILES string of the molecule is N#COc1cc(C(=O)O)c2ccc(C(=O)O)cc2c1. The van der Waals surface area contributed by atoms with Crippen molar-refractivity contribution >= 4 is 22.7 Å². The molecule has 0 saturated heterocycles. The highest BCUT2D eigenvalue weighted by molar-refractivity contribution is 6.06. The Morgan fingerprint density at radius 2 is 1.84 bits per heavy atom. The maximum Gasteiger partial charge on any atom is 0.336 e. The first kappa shape index (κ1) is 12.4. The van der Waals surface area contributed by atoms with E-state index < -0.39 is 11.9 Å². The zero-order valence-corrected chi connectivity index (χ0v) is 9.45. The van der Waals surface area contributed by atoms with Crippen molar-refractivity contribution in [2.75, 3.05) is 0 Å². The molecule has 2 aromatic rings. The number of fused-ring (bicyclic) bond motifs is 1. The van der Waals surface area contributed by atoms with Gasteiger partial charge < -0.3 is 14.9 Å². The standard InChI is InChI=1S/C13H7NO5/c14-6-19-9-4-8-3-7(12(15)16)1-2-10(8)11(5-9)13(17)18/h1-5H,(H,15,16)(H,17,18). The van der Waals surface area contributed by atoms with E-state index in [0.29, 0.717) is 10.8 Å². The first-order valence-corrected chi connectivity index (χ1v) is 5.13. The minimum Gasteiger partial charge on any atom is -0.478 e. The van der Waals surface area contributed by atoms with Crippen LogP contribution in [0.1, 0.15) is 20.7 Å². The van der Waals surface area contributed by atoms with Crippen molar-refractivity contribution in [1.29, 1.82) is 5.26 Å². The van der Waals surface area contributed by atoms with Gasteiger partial charge in [-0.25, -0.2) is 9.59 Å². The van der Waals surface area contributed by atoms with Crippen LogP contribution in [-0.2, 0) is 0 Å². The second kappa shape index (κ2) is 4.66. The largest absolute Gasteiger partial charge is 0.478 e. The van der Waals surface area contributed by atoms with Crippen LogP contribution in [0.3, 0.4) is 0 Å². The third-order valence-corrected chi connectivity index (χ3v) is 2.57. The lowest BCUT2D eigenvalue weighted by molar-refractivity contribution is 0.0688. The molecule has 0 aliphatic heterocycles. The predicted molar refractivity (Wildman–Crippen MR) is 64.1 cm³/mol. The van der Waals surface area contributed by atoms with Crippen molar-refractivity contribution in [3.63, 3.8) is 0 Å². The van der Waals surface area contributed by atoms with Crippen LogP contribution in [0.5, 0.6) is 5.75 Å². The molecule has 6 heteroatoms. The summed E-state index contributed by atoms with van der Waals surface area (Å²) < 4.78 is 4.60. The molecule has 0 atom stereocenters. The quantitative estimate of drug-likeness (QED) is 0.815. The van der Waals surface area contributed by atoms with E-state index in [0.717, 1.165) is 0 Å². The lowest BCUT2D eigenvalue weighted by Gasteiger charge is -2.06. The van der Waals surface area contributed by atoms with Gasteiger partial charge in [-0.2, -0.15) is 0 Å². The van der Waals surface area contributed by atoms with E-state index in [9.17, 15) is 9.59 Å². The lowest BCUT2D eigenvalue weighted by atomic mass is 10.0. The fourth-order valence-electron chi connectivity index (χ4n) is 1.76. The Morgan fingerprint density at radius 3 is 2.42 bits per heavy atom. The number of hydrogen-bond acceptors (Lipinski definition) is 4. The average molecular weight is 257 g/mol. The van der Waals surface area contributed by atoms with Gasteiger partial charge in [-0.05, 0) is 35.0 Å². The van der Waals surface area contributed by atoms with Crippen molar-refractivity contribution in [1.82, 2.24) is 0 Å². The van der Waals surface area contributed by atoms with Crippen LogP contribution >= 0.6 is 0 Å². The van der Waals surface area contributed by atoms with Crippen molar-refractivity contribution in [2.45, 2.75) is 0 Å². The molecule has 0 spiro atoms. The predicted octanol–water partition coefficient (Wildman–Crippen LogP) is 2.10. The fourth-order valence-corrected chi connectivity index (χ4v) is 1.76. The minimum absolute atomic E-state index is 0.0259. The number of aromatic carboxylic acids is 2. The summed E-state index contributed by atoms with van der Waals surface area (Å²) >= 11 is 0. The maximum absolute atomic E-state index is 11.1. The minimum atomic E-state index is -1.18. The smallest absolute Gasteiger partial charge is 0.336 e. The van der Waals surface area contributed by atoms with E-state index >= 15 is 0 Å². The topological polar surface area (TPSA) is 108 Å². The molecule has 2 rings (SSSR count). The molecule has 0 fully saturated rings. The number of nitrogens with zero attached hydrogens (tertiary/aromatic N) is 1. The molecular formula is C13H7NO5. The Kier molecular flexibility index (Phi) is 3.04. The summed E-state index contributed by atoms with van der Waals surface area (Å²) in [4.78, 5) is 22.0. The van der Waals surface area contributed by atoms with E-state index in [1.54, 1.807) is 0 Å². The van der Waals surface area contributed by atoms with Crippen LogP contribution in [0.2, 0.25) is 0 Å². The number of carboxylic acid groups (broad SMARTS) is 2. The maximum atomic E-state index is 11.1. The van der Waals surface area contributed by atoms with Crippen LogP contribution in [0, 0.1) is 11.5 Å². The molecule has 94 valence electrons. The van der Waals surface area contributed by atoms with Crippen molar-refractivity contribution < 1.29 is 24.5 Å². The zero-order valence-electron chi connectivity index (χ0n) is 9.45. The Morgan fingerprint density at radius 1 is 1.11 bits per heavy atom. The van der Waals surface area contributed by atoms with Crippen LogP contribution in [0.25, 0.3) is 10.8 Å². The monoisotopic (exact) mass is 257 g/mol. The van der Waals surface area contributed by atoms with Gasteiger partial charge in [0.2, 0.25) is 0 Å². The third kappa shape index (κ3) is 2.30. The van der Waals surface area contributed by atoms with Crippen LogP contribution in [0.4, 0.5) is 0 Å². The molecule has 0 radical (unpaired) electrons. The molecule has 0 unspecified atom stereocenters. The summed E-state index contributed by atoms with van der Waals surface area (Å²) in [6.45, 7) is 0. The number of carbonyl (C=O) groups is 2. The number of ether oxygens (including phenoxy) is 1. The third-order valence-electron chi connectivity index (χ3n) is 2.57. The van der Waals surface area contributed by atoms with Crippen LogP contribution in [0.15, 0.2) is 30.3 Å². The molecule has 0 heterocycles. The number of hydrogen-bond donors (Lipinski definition) is 2. The summed E-state index contributed by atoms with van der Waals surface area (Å²) in [6.07, 6.45) is 1.44. The zero-order chi connectivity index (χ0) is 14.0. The van der Waals surface area contributed by atoms with E-state index in [4.69, 9.17) is 15.5 Å². The Labute approximate surface area is 107 Å². The van der Waals surface area contributed by atoms with Gasteiger partial charge in [0.05, 0.1) is 11.1 Å². The second-order valence-electron chi connectivity index (χ2n) is 3.71. The Hall–Kier alpha value is -3.07. The molecule has 6 nitrogen and oxygen atoms in total. The van der Waals surface area contributed by atoms with E-state index in [1.165, 1.54) is 36.6 Å². The molecule has 0 aromatic heterocycles. The van der Waals surface area contributed by atoms with Crippen molar-refractivity contribution in [3.05, 3.63) is 41.5 Å². The normalized spacial score (nSPS) is 9.84. The molecule has 0 aliphatic rings. The number of carboxylic acids is 2. The van der Waals surface area contributed by atoms with Gasteiger partial charge >= 0.3 is 11.9 Å². The Balaban J connectivity index is 2.76. The lowest BCUT2D eigenvalue weighted by Crippen LogP contribution is -2.00. The van der Waals surface area contributed by atoms with Gasteiger partial charge in [-0.3, -0.25) is 0 Å². The average Bonchev–Trinajstić information content (AvgIpc) is 2.37. The second-order valence-corrected chi connectivity index (χ2v) is 3.71. The van der Waals surface area contributed by atoms with E-state index in [2.05, 4.69) is 4.74 Å². The fraction of sp³-hybridized carbons (Fsp3) is 0. The highest BCUT2D eigenvalue weighted by Crippen LogP contribution is 2.26. The van der Waals surface area contributed by atoms with Gasteiger partial charge in [-0.1, -0.05) is 6.07 Å². The summed E-state index contributed by atoms with van der Waals surface area (Å²) in [6, 6.07) is 6.69. The molecule has 0 aliphatic carbocycles. The van der Waals surface area contributed by atoms with E-state index in [1.807, 2.05) is 0 Å². The molecular weight excluding hydrogens is 250 g/mol. The number of nitriles is 1. The van der Waals surface area contributed by atoms with Crippen LogP contribution < -0.4 is 4.74 Å². The summed E-state index contributed by atoms with van der Waals surface area (Å²) in [5.41, 5.74) is -0.0300. The first-order valence-electron chi connectivity index (χ1n) is 5.13. The van der Waals surface area contributed by atoms with Gasteiger partial charge in [0.25, 0.3) is 6.26 Å². The molecule has 19 heavy (non-hydrogen) atoms. The Bertz CT molecular complexity index is 730. The van der Waals surface area contributed by atoms with Gasteiger partial charge in [-0.15, -0.1) is 5.26 Å². The molecule has 0 saturated carbocycles. The van der Waals surface area contributed by atoms with E-state index in [-0.39, 0.29) is 16.9 Å². The van der Waals surface area contributed by atoms with Gasteiger partial charge in [0.15, 0.2) is 0 Å². The van der Waals surface area contributed by atoms with Gasteiger partial charge in [0.1, 0.15) is 5.75 Å². The van der Waals surface area contributed by atoms with Gasteiger partial charge in [0, 0.05) is 0 Å². The molecule has 0 amide bonds. The molecule has 2 aromatic carbocycles. The number of benzene rings is 2. The van der Waals surface area contributed by atoms with Crippen LogP contribution in [-0.4, -0.2) is 22.2 Å². The van der Waals surface area contributed by atoms with Crippen molar-refractivity contribution in [3.8, 4) is 12.0 Å². The summed E-state index contributed by atoms with van der Waals surface area (Å²) in [7, 11) is 0. The molecule has 0 bridgehead atoms. The molecule has 2 N–H and O–H groups in total. The highest BCUT2D eigenvalue weighted by Gasteiger charge is 2.13. The van der Waals surface area contributed by atoms with Crippen molar-refractivity contribution in [2.24, 2.45) is 0 Å². The highest BCUT2D eigenvalue weighted by atomic mass is 16.5.